The van der Waals surface area contributed by atoms with Crippen molar-refractivity contribution in [2.75, 3.05) is 6.54 Å². The fourth-order valence-electron chi connectivity index (χ4n) is 2.48. The van der Waals surface area contributed by atoms with E-state index in [0.29, 0.717) is 18.0 Å². The molecule has 1 aliphatic rings. The van der Waals surface area contributed by atoms with Crippen molar-refractivity contribution in [1.82, 2.24) is 4.90 Å². The van der Waals surface area contributed by atoms with E-state index in [9.17, 15) is 4.79 Å². The number of halogens is 1. The topological polar surface area (TPSA) is 78.9 Å². The van der Waals surface area contributed by atoms with Crippen LogP contribution >= 0.6 is 11.6 Å². The first kappa shape index (κ1) is 14.7. The highest BCUT2D eigenvalue weighted by Gasteiger charge is 2.29. The minimum atomic E-state index is -0.298. The summed E-state index contributed by atoms with van der Waals surface area (Å²) < 4.78 is 0. The molecule has 20 heavy (non-hydrogen) atoms. The average molecular weight is 296 g/mol. The van der Waals surface area contributed by atoms with Crippen LogP contribution in [0.3, 0.4) is 0 Å². The molecule has 1 amide bonds. The van der Waals surface area contributed by atoms with Gasteiger partial charge in [-0.2, -0.15) is 0 Å². The quantitative estimate of drug-likeness (QED) is 0.387. The van der Waals surface area contributed by atoms with Crippen molar-refractivity contribution in [2.45, 2.75) is 31.7 Å². The number of piperidine rings is 1. The molecule has 1 aliphatic heterocycles. The van der Waals surface area contributed by atoms with Crippen molar-refractivity contribution in [1.29, 1.82) is 0 Å². The van der Waals surface area contributed by atoms with Crippen LogP contribution in [0.25, 0.3) is 0 Å². The minimum Gasteiger partial charge on any atom is -0.409 e. The summed E-state index contributed by atoms with van der Waals surface area (Å²) in [4.78, 5) is 14.1. The van der Waals surface area contributed by atoms with Crippen LogP contribution in [0.4, 0.5) is 0 Å². The first-order valence-electron chi connectivity index (χ1n) is 6.63. The molecule has 5 nitrogen and oxygen atoms in total. The maximum absolute atomic E-state index is 12.4. The highest BCUT2D eigenvalue weighted by molar-refractivity contribution is 6.30. The molecule has 0 aliphatic carbocycles. The van der Waals surface area contributed by atoms with E-state index in [2.05, 4.69) is 5.16 Å². The molecule has 0 aromatic heterocycles. The number of rotatable bonds is 3. The van der Waals surface area contributed by atoms with Gasteiger partial charge in [0.05, 0.1) is 12.5 Å². The Morgan fingerprint density at radius 2 is 2.10 bits per heavy atom. The van der Waals surface area contributed by atoms with Crippen LogP contribution in [0.1, 0.15) is 24.8 Å². The van der Waals surface area contributed by atoms with Gasteiger partial charge in [0.2, 0.25) is 5.91 Å². The monoisotopic (exact) mass is 295 g/mol. The predicted octanol–water partition coefficient (Wildman–Crippen LogP) is 2.01. The number of amides is 1. The standard InChI is InChI=1S/C14H18ClN3O2/c15-11-6-4-10(5-7-11)9-13(19)18-8-2-1-3-12(18)14(16)17-20/h4-7,12,20H,1-3,8-9H2,(H2,16,17). The number of carbonyl (C=O) groups excluding carboxylic acids is 1. The first-order valence-corrected chi connectivity index (χ1v) is 7.01. The third-order valence-electron chi connectivity index (χ3n) is 3.55. The Kier molecular flexibility index (Phi) is 4.84. The largest absolute Gasteiger partial charge is 0.409 e. The van der Waals surface area contributed by atoms with E-state index >= 15 is 0 Å². The van der Waals surface area contributed by atoms with Crippen LogP contribution in [0.5, 0.6) is 0 Å². The van der Waals surface area contributed by atoms with Gasteiger partial charge >= 0.3 is 0 Å². The van der Waals surface area contributed by atoms with Crippen LogP contribution in [-0.2, 0) is 11.2 Å². The number of likely N-dealkylation sites (tertiary alicyclic amines) is 1. The summed E-state index contributed by atoms with van der Waals surface area (Å²) in [6.07, 6.45) is 2.96. The Morgan fingerprint density at radius 3 is 2.75 bits per heavy atom. The number of hydrogen-bond acceptors (Lipinski definition) is 3. The molecule has 1 saturated heterocycles. The van der Waals surface area contributed by atoms with Crippen LogP contribution in [0.15, 0.2) is 29.4 Å². The molecule has 0 radical (unpaired) electrons. The van der Waals surface area contributed by atoms with Gasteiger partial charge in [-0.25, -0.2) is 0 Å². The summed E-state index contributed by atoms with van der Waals surface area (Å²) >= 11 is 5.83. The molecular weight excluding hydrogens is 278 g/mol. The Balaban J connectivity index is 2.08. The highest BCUT2D eigenvalue weighted by Crippen LogP contribution is 2.19. The van der Waals surface area contributed by atoms with Crippen molar-refractivity contribution in [2.24, 2.45) is 10.9 Å². The maximum atomic E-state index is 12.4. The average Bonchev–Trinajstić information content (AvgIpc) is 2.48. The van der Waals surface area contributed by atoms with Crippen molar-refractivity contribution in [3.8, 4) is 0 Å². The number of benzene rings is 1. The zero-order valence-electron chi connectivity index (χ0n) is 11.1. The number of oxime groups is 1. The number of nitrogens with zero attached hydrogens (tertiary/aromatic N) is 2. The smallest absolute Gasteiger partial charge is 0.227 e. The number of carbonyl (C=O) groups is 1. The lowest BCUT2D eigenvalue weighted by molar-refractivity contribution is -0.132. The van der Waals surface area contributed by atoms with Gasteiger partial charge in [-0.1, -0.05) is 28.9 Å². The van der Waals surface area contributed by atoms with Gasteiger partial charge in [0.25, 0.3) is 0 Å². The van der Waals surface area contributed by atoms with Gasteiger partial charge in [0, 0.05) is 11.6 Å². The molecule has 0 saturated carbocycles. The zero-order valence-corrected chi connectivity index (χ0v) is 11.9. The lowest BCUT2D eigenvalue weighted by Crippen LogP contribution is -2.51. The third-order valence-corrected chi connectivity index (χ3v) is 3.80. The molecule has 1 aromatic rings. The molecule has 1 heterocycles. The second kappa shape index (κ2) is 6.61. The number of hydrogen-bond donors (Lipinski definition) is 2. The normalized spacial score (nSPS) is 19.9. The molecular formula is C14H18ClN3O2. The second-order valence-electron chi connectivity index (χ2n) is 4.93. The van der Waals surface area contributed by atoms with Gasteiger partial charge in [-0.05, 0) is 37.0 Å². The summed E-state index contributed by atoms with van der Waals surface area (Å²) in [5.41, 5.74) is 6.58. The van der Waals surface area contributed by atoms with Gasteiger partial charge in [-0.3, -0.25) is 4.79 Å². The SMILES string of the molecule is NC(=NO)C1CCCCN1C(=O)Cc1ccc(Cl)cc1. The molecule has 6 heteroatoms. The second-order valence-corrected chi connectivity index (χ2v) is 5.36. The van der Waals surface area contributed by atoms with E-state index in [4.69, 9.17) is 22.5 Å². The number of amidine groups is 1. The highest BCUT2D eigenvalue weighted by atomic mass is 35.5. The molecule has 2 rings (SSSR count). The van der Waals surface area contributed by atoms with E-state index in [1.54, 1.807) is 17.0 Å². The Hall–Kier alpha value is -1.75. The van der Waals surface area contributed by atoms with Gasteiger partial charge in [0.15, 0.2) is 5.84 Å². The number of nitrogens with two attached hydrogens (primary N) is 1. The first-order chi connectivity index (χ1) is 9.61. The van der Waals surface area contributed by atoms with Crippen LogP contribution < -0.4 is 5.73 Å². The Labute approximate surface area is 123 Å². The molecule has 108 valence electrons. The van der Waals surface area contributed by atoms with E-state index in [1.165, 1.54) is 0 Å². The predicted molar refractivity (Wildman–Crippen MR) is 77.9 cm³/mol. The van der Waals surface area contributed by atoms with Gasteiger partial charge in [0.1, 0.15) is 0 Å². The lowest BCUT2D eigenvalue weighted by Gasteiger charge is -2.34. The molecule has 3 N–H and O–H groups in total. The summed E-state index contributed by atoms with van der Waals surface area (Å²) in [7, 11) is 0. The van der Waals surface area contributed by atoms with Crippen molar-refractivity contribution in [3.05, 3.63) is 34.9 Å². The van der Waals surface area contributed by atoms with Crippen LogP contribution in [0, 0.1) is 0 Å². The van der Waals surface area contributed by atoms with Gasteiger partial charge in [-0.15, -0.1) is 0 Å². The molecule has 1 fully saturated rings. The van der Waals surface area contributed by atoms with Crippen LogP contribution in [0.2, 0.25) is 5.02 Å². The van der Waals surface area contributed by atoms with Crippen molar-refractivity contribution in [3.63, 3.8) is 0 Å². The van der Waals surface area contributed by atoms with Crippen molar-refractivity contribution < 1.29 is 10.0 Å². The molecule has 1 atom stereocenters. The lowest BCUT2D eigenvalue weighted by atomic mass is 10.00. The maximum Gasteiger partial charge on any atom is 0.227 e. The van der Waals surface area contributed by atoms with E-state index in [0.717, 1.165) is 24.8 Å². The summed E-state index contributed by atoms with van der Waals surface area (Å²) in [6, 6.07) is 6.90. The van der Waals surface area contributed by atoms with E-state index in [-0.39, 0.29) is 17.8 Å². The fourth-order valence-corrected chi connectivity index (χ4v) is 2.61. The molecule has 1 aromatic carbocycles. The summed E-state index contributed by atoms with van der Waals surface area (Å²) in [6.45, 7) is 0.646. The Morgan fingerprint density at radius 1 is 1.40 bits per heavy atom. The van der Waals surface area contributed by atoms with E-state index in [1.807, 2.05) is 12.1 Å². The van der Waals surface area contributed by atoms with Crippen molar-refractivity contribution >= 4 is 23.3 Å². The Bertz CT molecular complexity index is 502. The third kappa shape index (κ3) is 3.42. The van der Waals surface area contributed by atoms with Crippen LogP contribution in [-0.4, -0.2) is 34.4 Å². The summed E-state index contributed by atoms with van der Waals surface area (Å²) in [5.74, 6) is 0.0952. The van der Waals surface area contributed by atoms with Gasteiger partial charge < -0.3 is 15.8 Å². The fraction of sp³-hybridized carbons (Fsp3) is 0.429. The summed E-state index contributed by atoms with van der Waals surface area (Å²) in [5, 5.41) is 12.5. The zero-order chi connectivity index (χ0) is 14.5. The molecule has 1 unspecified atom stereocenters. The van der Waals surface area contributed by atoms with E-state index < -0.39 is 0 Å². The minimum absolute atomic E-state index is 0.0105. The molecule has 0 bridgehead atoms. The molecule has 0 spiro atoms.